The van der Waals surface area contributed by atoms with Crippen molar-refractivity contribution in [2.45, 2.75) is 0 Å². The molecule has 0 aliphatic rings. The molecule has 0 atom stereocenters. The number of pyridine rings is 4. The van der Waals surface area contributed by atoms with Gasteiger partial charge in [-0.2, -0.15) is 12.1 Å². The first-order valence-corrected chi connectivity index (χ1v) is 71.1. The van der Waals surface area contributed by atoms with Crippen LogP contribution in [0.2, 0.25) is 0 Å². The van der Waals surface area contributed by atoms with E-state index in [-0.39, 0.29) is 21.1 Å². The maximum absolute atomic E-state index is 5.01. The van der Waals surface area contributed by atoms with E-state index >= 15 is 0 Å². The minimum atomic E-state index is -3.06. The molecule has 126 heavy (non-hydrogen) atoms. The van der Waals surface area contributed by atoms with Gasteiger partial charge in [-0.1, -0.05) is 223 Å². The number of rotatable bonds is 10. The van der Waals surface area contributed by atoms with Crippen LogP contribution < -0.4 is 9.80 Å². The van der Waals surface area contributed by atoms with E-state index < -0.39 is 11.9 Å². The Morgan fingerprint density at radius 1 is 0.278 bits per heavy atom. The zero-order valence-corrected chi connectivity index (χ0v) is 84.9. The van der Waals surface area contributed by atoms with E-state index in [0.29, 0.717) is 0 Å². The summed E-state index contributed by atoms with van der Waals surface area (Å²) in [5.74, 6) is 3.50. The Morgan fingerprint density at radius 2 is 0.563 bits per heavy atom. The minimum Gasteiger partial charge on any atom is -0.357 e. The Bertz CT molecular complexity index is 7670. The molecule has 0 saturated heterocycles. The van der Waals surface area contributed by atoms with Crippen molar-refractivity contribution >= 4 is 333 Å². The molecule has 25 aromatic rings. The SMILES string of the molecule is Brc1cccc2c1sc1ccccc12.[Cl][Pt]([Cl])([Cl])[Cl].[K][K].[Pt+2].[c-]1c(N(c2[c-]c3c(cc2)c2ccccc2n3-c2ccccn2)c2cccc3c2sc2ccccc23)ccc2c3ccccc3n(-c3ccccn3)c12.c1ccc(-n2c3ccccc3c3ccc(N(c4ccc5c6ccccc6n(-c6ccccn6)c5c4)c4cccc5c4sc4ccccc45)cc32)nc1. The van der Waals surface area contributed by atoms with Gasteiger partial charge in [-0.05, 0) is 160 Å². The number of aromatic nitrogens is 8. The average molecular weight is 2240 g/mol. The molecular formula is C104H63BrCl4K2N10Pt2S3. The van der Waals surface area contributed by atoms with Crippen LogP contribution in [0.3, 0.4) is 0 Å². The van der Waals surface area contributed by atoms with Crippen molar-refractivity contribution in [1.82, 2.24) is 38.2 Å². The van der Waals surface area contributed by atoms with Gasteiger partial charge in [-0.3, -0.25) is 9.13 Å². The maximum Gasteiger partial charge on any atom is 2.00 e. The number of hydrogen-bond donors (Lipinski definition) is 0. The number of halogens is 5. The predicted octanol–water partition coefficient (Wildman–Crippen LogP) is 31.4. The third-order valence-electron chi connectivity index (χ3n) is 22.6. The molecule has 0 fully saturated rings. The van der Waals surface area contributed by atoms with Crippen LogP contribution in [0.15, 0.2) is 387 Å². The maximum atomic E-state index is 5.01. The molecular weight excluding hydrogens is 2180 g/mol. The van der Waals surface area contributed by atoms with Crippen LogP contribution in [0.4, 0.5) is 34.1 Å². The fraction of sp³-hybridized carbons (Fsp3) is 0. The number of anilines is 6. The zero-order valence-electron chi connectivity index (χ0n) is 67.1. The Morgan fingerprint density at radius 3 is 0.944 bits per heavy atom. The Balaban J connectivity index is 0.000000128. The number of fused-ring (bicyclic) bond motifs is 21. The van der Waals surface area contributed by atoms with Crippen molar-refractivity contribution in [2.24, 2.45) is 0 Å². The van der Waals surface area contributed by atoms with Crippen LogP contribution >= 0.6 is 87.6 Å². The number of nitrogens with zero attached hydrogens (tertiary/aromatic N) is 10. The minimum absolute atomic E-state index is 0. The fourth-order valence-electron chi connectivity index (χ4n) is 17.5. The van der Waals surface area contributed by atoms with E-state index in [2.05, 4.69) is 378 Å². The Labute approximate surface area is 823 Å². The number of benzene rings is 14. The first-order valence-electron chi connectivity index (χ1n) is 40.6. The van der Waals surface area contributed by atoms with E-state index in [1.54, 1.807) is 0 Å². The molecule has 10 nitrogen and oxygen atoms in total. The third-order valence-corrected chi connectivity index (χ3v) is 27.1. The van der Waals surface area contributed by atoms with Gasteiger partial charge in [-0.15, -0.1) is 69.0 Å². The Hall–Kier alpha value is -8.57. The van der Waals surface area contributed by atoms with Gasteiger partial charge in [0.15, 0.2) is 0 Å². The topological polar surface area (TPSA) is 77.8 Å². The van der Waals surface area contributed by atoms with Crippen LogP contribution in [0, 0.1) is 12.1 Å². The first-order chi connectivity index (χ1) is 61.5. The third kappa shape index (κ3) is 16.1. The van der Waals surface area contributed by atoms with E-state index in [1.807, 2.05) is 95.2 Å². The van der Waals surface area contributed by atoms with Gasteiger partial charge in [0.1, 0.15) is 23.3 Å². The summed E-state index contributed by atoms with van der Waals surface area (Å²) in [6.07, 6.45) is 7.42. The molecule has 0 spiro atoms. The molecule has 22 heteroatoms. The molecule has 0 saturated carbocycles. The van der Waals surface area contributed by atoms with Gasteiger partial charge < -0.3 is 18.9 Å². The summed E-state index contributed by atoms with van der Waals surface area (Å²) in [4.78, 5) is 23.9. The number of hydrogen-bond acceptors (Lipinski definition) is 9. The molecule has 0 unspecified atom stereocenters. The standard InChI is InChI=1S/C46H29N5S.C46H27N5S.C12H7BrS.4ClH.2K.2Pt/c2*1-4-16-38-32(12-1)34-24-22-30(28-41(34)50(38)44-20-7-9-26-47-44)49(40-18-11-15-37-36-14-3-6-19-43(36)52-46(37)40)31-23-25-35-33-13-2-5-17-39(33)51(42(35)29-31)45-21-8-10-27-48-45;13-10-6-3-5-9-8-4-1-2-7-11(8)14-12(9)10;;;;;;;;/h1-29H;1-27H;1-7H;4*1H;;;;/q;-2;;;;;;;;+2;+4/p-4. The molecule has 11 heterocycles. The van der Waals surface area contributed by atoms with Crippen molar-refractivity contribution in [1.29, 1.82) is 0 Å². The summed E-state index contributed by atoms with van der Waals surface area (Å²) in [5, 5.41) is 17.1. The van der Waals surface area contributed by atoms with Crippen LogP contribution in [-0.2, 0) is 33.0 Å². The summed E-state index contributed by atoms with van der Waals surface area (Å²) in [6.45, 7) is 0. The van der Waals surface area contributed by atoms with Crippen molar-refractivity contribution < 1.29 is 33.0 Å². The van der Waals surface area contributed by atoms with Gasteiger partial charge in [0, 0.05) is 124 Å². The predicted molar refractivity (Wildman–Crippen MR) is 536 cm³/mol. The number of thiophene rings is 3. The van der Waals surface area contributed by atoms with Gasteiger partial charge >= 0.3 is 134 Å². The fourth-order valence-corrected chi connectivity index (χ4v) is 21.6. The van der Waals surface area contributed by atoms with Gasteiger partial charge in [0.2, 0.25) is 0 Å². The van der Waals surface area contributed by atoms with Gasteiger partial charge in [0.05, 0.1) is 42.8 Å². The second kappa shape index (κ2) is 37.1. The Kier molecular flexibility index (Phi) is 25.2. The van der Waals surface area contributed by atoms with E-state index in [1.165, 1.54) is 150 Å². The smallest absolute Gasteiger partial charge is 0.357 e. The quantitative estimate of drug-likeness (QED) is 0.100. The van der Waals surface area contributed by atoms with E-state index in [9.17, 15) is 0 Å². The van der Waals surface area contributed by atoms with Crippen LogP contribution in [-0.4, -0.2) is 101 Å². The molecule has 0 bridgehead atoms. The normalized spacial score (nSPS) is 11.7. The van der Waals surface area contributed by atoms with Crippen LogP contribution in [0.25, 0.3) is 171 Å². The molecule has 604 valence electrons. The van der Waals surface area contributed by atoms with Crippen molar-refractivity contribution in [3.63, 3.8) is 0 Å². The second-order valence-electron chi connectivity index (χ2n) is 29.4. The summed E-state index contributed by atoms with van der Waals surface area (Å²) in [6, 6.07) is 135. The first kappa shape index (κ1) is 85.5. The monoisotopic (exact) mass is 2230 g/mol. The van der Waals surface area contributed by atoms with E-state index in [0.717, 1.165) is 123 Å². The molecule has 11 aromatic heterocycles. The zero-order chi connectivity index (χ0) is 84.4. The molecule has 0 aliphatic heterocycles. The van der Waals surface area contributed by atoms with Gasteiger partial charge in [0.25, 0.3) is 0 Å². The summed E-state index contributed by atoms with van der Waals surface area (Å²) in [7, 11) is 20.0. The molecule has 0 amide bonds. The van der Waals surface area contributed by atoms with Crippen molar-refractivity contribution in [3.05, 3.63) is 399 Å². The molecule has 0 radical (unpaired) electrons. The largest absolute Gasteiger partial charge is 2.00 e. The van der Waals surface area contributed by atoms with Crippen molar-refractivity contribution in [3.8, 4) is 23.3 Å². The average Bonchev–Trinajstić information content (AvgIpc) is 1.58. The molecule has 0 N–H and O–H groups in total. The van der Waals surface area contributed by atoms with Crippen molar-refractivity contribution in [2.75, 3.05) is 9.80 Å². The molecule has 25 rings (SSSR count). The van der Waals surface area contributed by atoms with E-state index in [4.69, 9.17) is 57.6 Å². The van der Waals surface area contributed by atoms with Crippen LogP contribution in [0.1, 0.15) is 0 Å². The van der Waals surface area contributed by atoms with Crippen LogP contribution in [0.5, 0.6) is 0 Å². The summed E-state index contributed by atoms with van der Waals surface area (Å²) >= 11 is 8.54. The second-order valence-corrected chi connectivity index (χ2v) is 53.1. The summed E-state index contributed by atoms with van der Waals surface area (Å²) in [5.41, 5.74) is 14.8. The molecule has 0 aliphatic carbocycles. The summed E-state index contributed by atoms with van der Waals surface area (Å²) < 4.78 is 17.9. The molecule has 14 aromatic carbocycles. The van der Waals surface area contributed by atoms with Gasteiger partial charge in [-0.25, -0.2) is 19.9 Å². The number of para-hydroxylation sites is 4.